The molecule has 0 aliphatic rings. The summed E-state index contributed by atoms with van der Waals surface area (Å²) < 4.78 is 14.0. The minimum atomic E-state index is -1.75. The van der Waals surface area contributed by atoms with Crippen molar-refractivity contribution >= 4 is 85.8 Å². The molecule has 0 saturated heterocycles. The number of aromatic carboxylic acids is 3. The van der Waals surface area contributed by atoms with Crippen molar-refractivity contribution in [2.75, 3.05) is 0 Å². The van der Waals surface area contributed by atoms with Crippen molar-refractivity contribution in [3.63, 3.8) is 0 Å². The van der Waals surface area contributed by atoms with Gasteiger partial charge in [-0.05, 0) is 54.6 Å². The van der Waals surface area contributed by atoms with Gasteiger partial charge in [-0.3, -0.25) is 44.3 Å². The number of nitrogens with zero attached hydrogens (tertiary/aromatic N) is 6. The van der Waals surface area contributed by atoms with E-state index in [1.165, 1.54) is 110 Å². The quantitative estimate of drug-likeness (QED) is 0.0594. The number of halogens is 5. The van der Waals surface area contributed by atoms with Crippen LogP contribution in [0.4, 0.5) is 0 Å². The number of hydrogen-bond donors (Lipinski definition) is 3. The molecule has 6 heterocycles. The van der Waals surface area contributed by atoms with Crippen molar-refractivity contribution in [3.05, 3.63) is 134 Å². The van der Waals surface area contributed by atoms with Crippen LogP contribution < -0.4 is 14.2 Å². The molecule has 0 fully saturated rings. The van der Waals surface area contributed by atoms with Crippen LogP contribution in [-0.4, -0.2) is 82.5 Å². The molecule has 0 unspecified atom stereocenters. The Morgan fingerprint density at radius 3 is 0.855 bits per heavy atom. The Kier molecular flexibility index (Phi) is 26.7. The van der Waals surface area contributed by atoms with Gasteiger partial charge in [0.2, 0.25) is 0 Å². The van der Waals surface area contributed by atoms with Crippen molar-refractivity contribution in [2.45, 2.75) is 0 Å². The van der Waals surface area contributed by atoms with E-state index in [1.807, 2.05) is 0 Å². The van der Waals surface area contributed by atoms with Crippen molar-refractivity contribution in [2.24, 2.45) is 0 Å². The number of carboxylic acid groups (broad SMARTS) is 3. The van der Waals surface area contributed by atoms with Crippen LogP contribution in [0.2, 0.25) is 0 Å². The number of carbonyl (C=O) groups is 6. The van der Waals surface area contributed by atoms with Crippen LogP contribution in [0.25, 0.3) is 34.2 Å². The van der Waals surface area contributed by atoms with Gasteiger partial charge in [-0.15, -0.1) is 0 Å². The Labute approximate surface area is 384 Å². The molecule has 18 nitrogen and oxygen atoms in total. The normalized spacial score (nSPS) is 9.60. The average molecular weight is 1130 g/mol. The maximum atomic E-state index is 10.8. The SMILES string of the molecule is O=COc1ccnc(-c2cc(C(=O)O)ccn2)c1.O=COc1ccnc(-c2cc(C(=O)O)ccn2)c1.O=COc1ccnc(-c2cc(C(=O)O)ccn2)c1.[CH3-].[Cl][Ru]([Cl])[Cl].[Cl][Ru][Cl]. The van der Waals surface area contributed by atoms with Crippen LogP contribution >= 0.6 is 48.5 Å². The van der Waals surface area contributed by atoms with Gasteiger partial charge in [-0.25, -0.2) is 14.4 Å². The third-order valence-electron chi connectivity index (χ3n) is 6.55. The molecular weight excluding hydrogens is 1100 g/mol. The van der Waals surface area contributed by atoms with E-state index in [0.717, 1.165) is 0 Å². The Bertz CT molecular complexity index is 2150. The molecule has 0 aliphatic carbocycles. The molecule has 0 spiro atoms. The first-order valence-electron chi connectivity index (χ1n) is 15.6. The number of pyridine rings is 6. The van der Waals surface area contributed by atoms with Gasteiger partial charge >= 0.3 is 94.5 Å². The summed E-state index contributed by atoms with van der Waals surface area (Å²) in [5.74, 6) is -2.18. The fourth-order valence-corrected chi connectivity index (χ4v) is 4.15. The van der Waals surface area contributed by atoms with Crippen molar-refractivity contribution in [1.29, 1.82) is 0 Å². The number of aromatic nitrogens is 6. The second-order valence-electron chi connectivity index (χ2n) is 10.2. The number of hydrogen-bond acceptors (Lipinski definition) is 15. The molecule has 329 valence electrons. The number of ether oxygens (including phenoxy) is 3. The summed E-state index contributed by atoms with van der Waals surface area (Å²) in [5, 5.41) is 26.6. The molecule has 6 aromatic rings. The standard InChI is InChI=1S/3C12H8N2O4.CH3.5ClH.2Ru/c3*15-7-18-9-2-4-14-11(6-9)10-5-8(12(16)17)1-3-13-10;;;;;;;;/h3*1-7H,(H,16,17);1H3;5*1H;;/q;;;-1;;;;;;+2;+3/p-5. The van der Waals surface area contributed by atoms with Gasteiger partial charge in [0, 0.05) is 55.4 Å². The van der Waals surface area contributed by atoms with Gasteiger partial charge in [-0.1, -0.05) is 0 Å². The van der Waals surface area contributed by atoms with E-state index in [2.05, 4.69) is 44.1 Å². The number of carboxylic acids is 3. The van der Waals surface area contributed by atoms with E-state index in [0.29, 0.717) is 70.8 Å². The predicted molar refractivity (Wildman–Crippen MR) is 219 cm³/mol. The van der Waals surface area contributed by atoms with Crippen LogP contribution in [0.3, 0.4) is 0 Å². The molecule has 0 bridgehead atoms. The summed E-state index contributed by atoms with van der Waals surface area (Å²) in [6.45, 7) is 0.917. The number of rotatable bonds is 12. The average Bonchev–Trinajstić information content (AvgIpc) is 3.25. The Morgan fingerprint density at radius 1 is 0.468 bits per heavy atom. The predicted octanol–water partition coefficient (Wildman–Crippen LogP) is 8.02. The summed E-state index contributed by atoms with van der Waals surface area (Å²) in [4.78, 5) is 87.4. The molecule has 0 radical (unpaired) electrons. The van der Waals surface area contributed by atoms with Crippen LogP contribution in [0.5, 0.6) is 17.2 Å². The van der Waals surface area contributed by atoms with Crippen LogP contribution in [0.15, 0.2) is 110 Å². The van der Waals surface area contributed by atoms with E-state index in [1.54, 1.807) is 0 Å². The van der Waals surface area contributed by atoms with Gasteiger partial charge in [0.05, 0.1) is 50.9 Å². The van der Waals surface area contributed by atoms with Crippen molar-refractivity contribution in [3.8, 4) is 51.4 Å². The summed E-state index contributed by atoms with van der Waals surface area (Å²) in [6, 6.07) is 17.4. The van der Waals surface area contributed by atoms with Gasteiger partial charge in [0.25, 0.3) is 19.4 Å². The van der Waals surface area contributed by atoms with E-state index in [4.69, 9.17) is 63.8 Å². The maximum absolute atomic E-state index is 10.8. The van der Waals surface area contributed by atoms with Gasteiger partial charge in [-0.2, -0.15) is 0 Å². The molecule has 0 amide bonds. The molecule has 0 saturated carbocycles. The molecule has 0 aromatic carbocycles. The Balaban J connectivity index is 0.000000428. The number of carbonyl (C=O) groups excluding carboxylic acids is 3. The summed E-state index contributed by atoms with van der Waals surface area (Å²) in [7, 11) is 24.6. The van der Waals surface area contributed by atoms with Gasteiger partial charge in [0.15, 0.2) is 0 Å². The molecular formula is C37H27Cl5N6O12Ru2-. The summed E-state index contributed by atoms with van der Waals surface area (Å²) >= 11 is -2.10. The summed E-state index contributed by atoms with van der Waals surface area (Å²) in [6.07, 6.45) is 8.49. The van der Waals surface area contributed by atoms with E-state index >= 15 is 0 Å². The molecule has 3 N–H and O–H groups in total. The van der Waals surface area contributed by atoms with Gasteiger partial charge in [0.1, 0.15) is 17.2 Å². The minimum absolute atomic E-state index is 0. The second-order valence-corrected chi connectivity index (χ2v) is 20.7. The molecule has 6 aromatic heterocycles. The Hall–Kier alpha value is -5.58. The third-order valence-corrected chi connectivity index (χ3v) is 6.55. The third kappa shape index (κ3) is 20.3. The first-order valence-corrected chi connectivity index (χ1v) is 26.8. The topological polar surface area (TPSA) is 268 Å². The van der Waals surface area contributed by atoms with Crippen LogP contribution in [0.1, 0.15) is 31.1 Å². The summed E-state index contributed by atoms with van der Waals surface area (Å²) in [5.41, 5.74) is 2.81. The monoisotopic (exact) mass is 1130 g/mol. The molecule has 6 rings (SSSR count). The fourth-order valence-electron chi connectivity index (χ4n) is 4.15. The Morgan fingerprint density at radius 2 is 0.661 bits per heavy atom. The zero-order chi connectivity index (χ0) is 45.2. The molecule has 25 heteroatoms. The molecule has 0 atom stereocenters. The first kappa shape index (κ1) is 54.4. The zero-order valence-electron chi connectivity index (χ0n) is 30.9. The fraction of sp³-hybridized carbons (Fsp3) is 0. The van der Waals surface area contributed by atoms with Gasteiger partial charge < -0.3 is 37.0 Å². The van der Waals surface area contributed by atoms with Crippen molar-refractivity contribution in [1.82, 2.24) is 29.9 Å². The second kappa shape index (κ2) is 30.4. The first-order chi connectivity index (χ1) is 29.3. The molecule has 0 aliphatic heterocycles. The molecule has 62 heavy (non-hydrogen) atoms. The van der Waals surface area contributed by atoms with Crippen LogP contribution in [0, 0.1) is 7.43 Å². The van der Waals surface area contributed by atoms with E-state index in [-0.39, 0.29) is 39.3 Å². The van der Waals surface area contributed by atoms with E-state index < -0.39 is 30.9 Å². The van der Waals surface area contributed by atoms with Crippen LogP contribution in [-0.2, 0) is 42.5 Å². The van der Waals surface area contributed by atoms with Crippen molar-refractivity contribution < 1.29 is 86.4 Å². The zero-order valence-corrected chi connectivity index (χ0v) is 38.2. The van der Waals surface area contributed by atoms with E-state index in [9.17, 15) is 28.8 Å².